The molecule has 3 atom stereocenters. The third-order valence-corrected chi connectivity index (χ3v) is 6.91. The monoisotopic (exact) mass is 526 g/mol. The molecule has 1 aliphatic carbocycles. The molecule has 7 heteroatoms. The van der Waals surface area contributed by atoms with Crippen molar-refractivity contribution in [3.63, 3.8) is 0 Å². The normalized spacial score (nSPS) is 26.1. The van der Waals surface area contributed by atoms with Gasteiger partial charge >= 0.3 is 0 Å². The maximum Gasteiger partial charge on any atom is 0.300 e. The third-order valence-electron chi connectivity index (χ3n) is 6.91. The molecular weight excluding hydrogens is 483 g/mol. The van der Waals surface area contributed by atoms with E-state index in [9.17, 15) is 0 Å². The van der Waals surface area contributed by atoms with E-state index in [1.807, 2.05) is 0 Å². The molecule has 35 heavy (non-hydrogen) atoms. The molecule has 0 radical (unpaired) electrons. The van der Waals surface area contributed by atoms with E-state index in [1.54, 1.807) is 0 Å². The molecule has 0 saturated carbocycles. The van der Waals surface area contributed by atoms with Gasteiger partial charge in [0.15, 0.2) is 0 Å². The first-order valence-electron chi connectivity index (χ1n) is 13.0. The first kappa shape index (κ1) is 29.7. The van der Waals surface area contributed by atoms with Crippen molar-refractivity contribution in [3.8, 4) is 0 Å². The zero-order valence-electron chi connectivity index (χ0n) is 21.3. The van der Waals surface area contributed by atoms with Crippen molar-refractivity contribution in [2.45, 2.75) is 32.7 Å². The molecule has 3 unspecified atom stereocenters. The summed E-state index contributed by atoms with van der Waals surface area (Å²) in [5.41, 5.74) is 1.45. The Labute approximate surface area is 222 Å². The van der Waals surface area contributed by atoms with Gasteiger partial charge in [-0.2, -0.15) is 0 Å². The number of hydrogen-bond acceptors (Lipinski definition) is 5. The molecule has 4 rings (SSSR count). The quantitative estimate of drug-likeness (QED) is 0.606. The summed E-state index contributed by atoms with van der Waals surface area (Å²) < 4.78 is 0. The van der Waals surface area contributed by atoms with E-state index in [4.69, 9.17) is 9.90 Å². The summed E-state index contributed by atoms with van der Waals surface area (Å²) in [5, 5.41) is 7.42. The van der Waals surface area contributed by atoms with E-state index in [1.165, 1.54) is 96.8 Å². The van der Waals surface area contributed by atoms with Crippen LogP contribution in [0.1, 0.15) is 31.7 Å². The minimum Gasteiger partial charge on any atom is -0.481 e. The zero-order valence-corrected chi connectivity index (χ0v) is 22.3. The maximum absolute atomic E-state index is 9.00. The van der Waals surface area contributed by atoms with Crippen molar-refractivity contribution in [3.05, 3.63) is 60.2 Å². The van der Waals surface area contributed by atoms with E-state index in [2.05, 4.69) is 74.2 Å². The molecule has 2 saturated heterocycles. The van der Waals surface area contributed by atoms with Crippen molar-refractivity contribution >= 4 is 5.97 Å². The fourth-order valence-corrected chi connectivity index (χ4v) is 5.06. The Morgan fingerprint density at radius 2 is 1.40 bits per heavy atom. The predicted octanol–water partition coefficient (Wildman–Crippen LogP) is 3.42. The number of allylic oxidation sites excluding steroid dienone is 3. The minimum atomic E-state index is -0.833. The molecule has 0 aromatic heterocycles. The summed E-state index contributed by atoms with van der Waals surface area (Å²) in [4.78, 5) is 19.9. The number of rotatable bonds is 4. The van der Waals surface area contributed by atoms with Gasteiger partial charge in [-0.15, -0.1) is 0 Å². The van der Waals surface area contributed by atoms with Crippen LogP contribution in [0.3, 0.4) is 0 Å². The molecule has 1 N–H and O–H groups in total. The molecule has 2 heterocycles. The molecule has 0 spiro atoms. The van der Waals surface area contributed by atoms with Crippen LogP contribution >= 0.6 is 0 Å². The summed E-state index contributed by atoms with van der Waals surface area (Å²) in [6.07, 6.45) is 12.9. The van der Waals surface area contributed by atoms with Crippen LogP contribution in [0.4, 0.5) is 0 Å². The van der Waals surface area contributed by atoms with E-state index < -0.39 is 5.97 Å². The first-order valence-corrected chi connectivity index (χ1v) is 13.0. The molecule has 2 bridgehead atoms. The second kappa shape index (κ2) is 17.0. The molecule has 2 fully saturated rings. The fourth-order valence-electron chi connectivity index (χ4n) is 5.06. The number of carbonyl (C=O) groups is 1. The van der Waals surface area contributed by atoms with Gasteiger partial charge in [-0.05, 0) is 56.9 Å². The van der Waals surface area contributed by atoms with Crippen LogP contribution in [0.25, 0.3) is 0 Å². The Kier molecular flexibility index (Phi) is 14.5. The number of nitrogens with zero attached hydrogens (tertiary/aromatic N) is 4. The Bertz CT molecular complexity index is 769. The Morgan fingerprint density at radius 3 is 2.00 bits per heavy atom. The van der Waals surface area contributed by atoms with Crippen molar-refractivity contribution in [1.29, 1.82) is 0 Å². The standard InChI is InChI=1S/C26H40N4.C2H4O2.Ni/c1-3-9-25(10-4-1)23-29-15-7-13-28-18-17-27(19-21-29)14-8-16-30(22-20-28)24-26-11-5-2-6-12-26;1-2(3)4;/h1-6,9-11,26H,7-8,12-24H2;1H3,(H,3,4);. The van der Waals surface area contributed by atoms with Crippen LogP contribution in [-0.2, 0) is 27.8 Å². The molecular formula is C28H44N4NiO2. The summed E-state index contributed by atoms with van der Waals surface area (Å²) in [6, 6.07) is 11.0. The molecule has 0 amide bonds. The van der Waals surface area contributed by atoms with Gasteiger partial charge < -0.3 is 19.8 Å². The third kappa shape index (κ3) is 12.3. The second-order valence-corrected chi connectivity index (χ2v) is 9.78. The van der Waals surface area contributed by atoms with Gasteiger partial charge in [-0.1, -0.05) is 54.6 Å². The van der Waals surface area contributed by atoms with Crippen LogP contribution in [0.15, 0.2) is 54.6 Å². The summed E-state index contributed by atoms with van der Waals surface area (Å²) in [6.45, 7) is 15.6. The SMILES string of the molecule is C1=CCC(CN2CCCN3CCN(CCCN(Cc4ccccc4)CC3)CC2)C=C1.CC(=O)O.[Ni]. The Balaban J connectivity index is 0.000000804. The van der Waals surface area contributed by atoms with Gasteiger partial charge in [0.25, 0.3) is 5.97 Å². The molecule has 6 nitrogen and oxygen atoms in total. The maximum atomic E-state index is 9.00. The number of fused-ring (bicyclic) bond motifs is 3. The van der Waals surface area contributed by atoms with Crippen LogP contribution < -0.4 is 0 Å². The van der Waals surface area contributed by atoms with Gasteiger partial charge in [0.2, 0.25) is 0 Å². The number of carboxylic acid groups (broad SMARTS) is 1. The van der Waals surface area contributed by atoms with E-state index >= 15 is 0 Å². The average Bonchev–Trinajstić information content (AvgIpc) is 2.83. The largest absolute Gasteiger partial charge is 0.481 e. The number of benzene rings is 1. The van der Waals surface area contributed by atoms with Crippen LogP contribution in [0.5, 0.6) is 0 Å². The molecule has 2 aliphatic heterocycles. The fraction of sp³-hybridized carbons (Fsp3) is 0.607. The van der Waals surface area contributed by atoms with Crippen LogP contribution in [-0.4, -0.2) is 103 Å². The van der Waals surface area contributed by atoms with Gasteiger partial charge in [0.05, 0.1) is 0 Å². The topological polar surface area (TPSA) is 50.3 Å². The number of carboxylic acids is 1. The van der Waals surface area contributed by atoms with Crippen LogP contribution in [0.2, 0.25) is 0 Å². The van der Waals surface area contributed by atoms with Gasteiger partial charge in [0, 0.05) is 75.8 Å². The van der Waals surface area contributed by atoms with Crippen molar-refractivity contribution in [2.24, 2.45) is 5.92 Å². The van der Waals surface area contributed by atoms with Gasteiger partial charge in [-0.3, -0.25) is 9.69 Å². The number of hydrogen-bond donors (Lipinski definition) is 1. The average molecular weight is 527 g/mol. The van der Waals surface area contributed by atoms with Gasteiger partial charge in [0.1, 0.15) is 0 Å². The predicted molar refractivity (Wildman–Crippen MR) is 140 cm³/mol. The van der Waals surface area contributed by atoms with Crippen molar-refractivity contribution < 1.29 is 26.4 Å². The first-order chi connectivity index (χ1) is 16.6. The van der Waals surface area contributed by atoms with Crippen molar-refractivity contribution in [1.82, 2.24) is 19.6 Å². The van der Waals surface area contributed by atoms with Crippen LogP contribution in [0, 0.1) is 5.92 Å². The zero-order chi connectivity index (χ0) is 24.0. The van der Waals surface area contributed by atoms with E-state index in [0.29, 0.717) is 5.92 Å². The van der Waals surface area contributed by atoms with E-state index in [-0.39, 0.29) is 16.5 Å². The minimum absolute atomic E-state index is 0. The van der Waals surface area contributed by atoms with Crippen molar-refractivity contribution in [2.75, 3.05) is 72.0 Å². The molecule has 1 aromatic carbocycles. The summed E-state index contributed by atoms with van der Waals surface area (Å²) >= 11 is 0. The summed E-state index contributed by atoms with van der Waals surface area (Å²) in [5.74, 6) is -0.132. The number of aliphatic carboxylic acids is 1. The Hall–Kier alpha value is -1.50. The smallest absolute Gasteiger partial charge is 0.300 e. The second-order valence-electron chi connectivity index (χ2n) is 9.78. The molecule has 1 aromatic rings. The molecule has 3 aliphatic rings. The summed E-state index contributed by atoms with van der Waals surface area (Å²) in [7, 11) is 0. The molecule has 198 valence electrons. The van der Waals surface area contributed by atoms with Gasteiger partial charge in [-0.25, -0.2) is 0 Å². The Morgan fingerprint density at radius 1 is 0.829 bits per heavy atom. The van der Waals surface area contributed by atoms with E-state index in [0.717, 1.165) is 13.5 Å².